The molecule has 0 saturated heterocycles. The molecule has 0 aromatic rings. The van der Waals surface area contributed by atoms with Gasteiger partial charge in [0.25, 0.3) is 0 Å². The van der Waals surface area contributed by atoms with Crippen LogP contribution in [0.25, 0.3) is 0 Å². The first-order chi connectivity index (χ1) is 6.93. The van der Waals surface area contributed by atoms with E-state index in [9.17, 15) is 0 Å². The zero-order valence-electron chi connectivity index (χ0n) is 9.21. The van der Waals surface area contributed by atoms with Crippen molar-refractivity contribution in [3.63, 3.8) is 0 Å². The first-order valence-electron chi connectivity index (χ1n) is 5.86. The first kappa shape index (κ1) is 11.3. The van der Waals surface area contributed by atoms with Crippen LogP contribution < -0.4 is 5.43 Å². The standard InChI is InChI=1S/C12H21N2/c1-2-3-4-5-6-7-8-9-12-10-11-13-14-12/h10-11H,2-9H2,1H3. The van der Waals surface area contributed by atoms with Gasteiger partial charge in [-0.1, -0.05) is 45.4 Å². The molecule has 0 saturated carbocycles. The van der Waals surface area contributed by atoms with Gasteiger partial charge in [0.1, 0.15) is 0 Å². The summed E-state index contributed by atoms with van der Waals surface area (Å²) in [6, 6.07) is 0. The Balaban J connectivity index is 1.82. The third-order valence-electron chi connectivity index (χ3n) is 2.56. The monoisotopic (exact) mass is 193 g/mol. The number of allylic oxidation sites excluding steroid dienone is 1. The molecule has 0 aromatic carbocycles. The van der Waals surface area contributed by atoms with Crippen molar-refractivity contribution in [1.82, 2.24) is 5.43 Å². The van der Waals surface area contributed by atoms with Crippen molar-refractivity contribution >= 4 is 5.71 Å². The van der Waals surface area contributed by atoms with Crippen LogP contribution in [0.4, 0.5) is 0 Å². The molecular weight excluding hydrogens is 172 g/mol. The van der Waals surface area contributed by atoms with Gasteiger partial charge in [0, 0.05) is 0 Å². The first-order valence-corrected chi connectivity index (χ1v) is 5.86. The summed E-state index contributed by atoms with van der Waals surface area (Å²) in [4.78, 5) is 0. The van der Waals surface area contributed by atoms with E-state index in [4.69, 9.17) is 0 Å². The summed E-state index contributed by atoms with van der Waals surface area (Å²) in [5.41, 5.74) is 4.96. The van der Waals surface area contributed by atoms with E-state index in [2.05, 4.69) is 17.5 Å². The molecule has 2 heteroatoms. The quantitative estimate of drug-likeness (QED) is 0.526. The molecule has 0 atom stereocenters. The molecule has 1 rings (SSSR count). The van der Waals surface area contributed by atoms with Crippen LogP contribution in [0.5, 0.6) is 0 Å². The molecule has 0 bridgehead atoms. The minimum Gasteiger partial charge on any atom is -0.159 e. The Labute approximate surface area is 87.5 Å². The van der Waals surface area contributed by atoms with Crippen LogP contribution in [-0.4, -0.2) is 5.71 Å². The van der Waals surface area contributed by atoms with Crippen molar-refractivity contribution in [2.24, 2.45) is 5.10 Å². The van der Waals surface area contributed by atoms with E-state index in [0.717, 1.165) is 12.1 Å². The highest BCUT2D eigenvalue weighted by atomic mass is 15.3. The number of rotatable bonds is 8. The van der Waals surface area contributed by atoms with Crippen molar-refractivity contribution < 1.29 is 0 Å². The van der Waals surface area contributed by atoms with Gasteiger partial charge >= 0.3 is 0 Å². The largest absolute Gasteiger partial charge is 0.159 e. The van der Waals surface area contributed by atoms with Crippen LogP contribution in [0.15, 0.2) is 17.4 Å². The Morgan fingerprint density at radius 3 is 2.36 bits per heavy atom. The lowest BCUT2D eigenvalue weighted by Crippen LogP contribution is -1.91. The Morgan fingerprint density at radius 2 is 1.71 bits per heavy atom. The fourth-order valence-electron chi connectivity index (χ4n) is 1.66. The maximum absolute atomic E-state index is 4.01. The van der Waals surface area contributed by atoms with Gasteiger partial charge in [0.05, 0.1) is 11.9 Å². The highest BCUT2D eigenvalue weighted by Gasteiger charge is 1.99. The van der Waals surface area contributed by atoms with E-state index in [0.29, 0.717) is 0 Å². The summed E-state index contributed by atoms with van der Waals surface area (Å²) in [6.45, 7) is 2.26. The highest BCUT2D eigenvalue weighted by Crippen LogP contribution is 2.09. The Hall–Kier alpha value is -0.790. The molecule has 0 unspecified atom stereocenters. The van der Waals surface area contributed by atoms with E-state index in [-0.39, 0.29) is 0 Å². The van der Waals surface area contributed by atoms with Gasteiger partial charge in [-0.15, -0.1) is 0 Å². The summed E-state index contributed by atoms with van der Waals surface area (Å²) >= 11 is 0. The zero-order valence-corrected chi connectivity index (χ0v) is 9.21. The second-order valence-electron chi connectivity index (χ2n) is 3.89. The molecule has 79 valence electrons. The highest BCUT2D eigenvalue weighted by molar-refractivity contribution is 5.95. The molecule has 1 radical (unpaired) electrons. The molecule has 1 aliphatic rings. The lowest BCUT2D eigenvalue weighted by molar-refractivity contribution is 0.595. The molecule has 0 aromatic heterocycles. The maximum Gasteiger partial charge on any atom is 0.0646 e. The van der Waals surface area contributed by atoms with E-state index in [1.807, 2.05) is 6.08 Å². The second-order valence-corrected chi connectivity index (χ2v) is 3.89. The van der Waals surface area contributed by atoms with E-state index in [1.165, 1.54) is 44.9 Å². The Morgan fingerprint density at radius 1 is 1.00 bits per heavy atom. The van der Waals surface area contributed by atoms with Gasteiger partial charge in [-0.3, -0.25) is 0 Å². The van der Waals surface area contributed by atoms with E-state index in [1.54, 1.807) is 6.20 Å². The molecule has 0 spiro atoms. The number of unbranched alkanes of at least 4 members (excludes halogenated alkanes) is 6. The van der Waals surface area contributed by atoms with Crippen LogP contribution in [0.3, 0.4) is 0 Å². The van der Waals surface area contributed by atoms with Gasteiger partial charge in [0.15, 0.2) is 0 Å². The van der Waals surface area contributed by atoms with Crippen LogP contribution >= 0.6 is 0 Å². The lowest BCUT2D eigenvalue weighted by atomic mass is 10.1. The van der Waals surface area contributed by atoms with Gasteiger partial charge in [-0.05, 0) is 18.9 Å². The summed E-state index contributed by atoms with van der Waals surface area (Å²) in [5.74, 6) is 0. The van der Waals surface area contributed by atoms with Gasteiger partial charge < -0.3 is 0 Å². The normalized spacial score (nSPS) is 14.2. The maximum atomic E-state index is 4.01. The minimum atomic E-state index is 1.10. The van der Waals surface area contributed by atoms with Crippen LogP contribution in [0.1, 0.15) is 58.3 Å². The summed E-state index contributed by atoms with van der Waals surface area (Å²) in [6.07, 6.45) is 14.4. The summed E-state index contributed by atoms with van der Waals surface area (Å²) in [7, 11) is 0. The average molecular weight is 193 g/mol. The number of hydrogen-bond acceptors (Lipinski definition) is 1. The molecule has 0 fully saturated rings. The van der Waals surface area contributed by atoms with Gasteiger partial charge in [-0.25, -0.2) is 0 Å². The zero-order chi connectivity index (χ0) is 10.1. The SMILES string of the molecule is CCCCCCCCCC1=N[N]C=C1. The Kier molecular flexibility index (Phi) is 6.13. The molecule has 0 aliphatic carbocycles. The fraction of sp³-hybridized carbons (Fsp3) is 0.750. The van der Waals surface area contributed by atoms with E-state index < -0.39 is 0 Å². The number of hydrogen-bond donors (Lipinski definition) is 0. The van der Waals surface area contributed by atoms with E-state index >= 15 is 0 Å². The Bertz CT molecular complexity index is 194. The van der Waals surface area contributed by atoms with Crippen LogP contribution in [0, 0.1) is 0 Å². The molecule has 1 heterocycles. The molecular formula is C12H21N2. The minimum absolute atomic E-state index is 1.10. The van der Waals surface area contributed by atoms with Gasteiger partial charge in [0.2, 0.25) is 0 Å². The van der Waals surface area contributed by atoms with Crippen molar-refractivity contribution in [3.05, 3.63) is 12.3 Å². The van der Waals surface area contributed by atoms with Crippen molar-refractivity contribution in [2.75, 3.05) is 0 Å². The number of nitrogens with zero attached hydrogens (tertiary/aromatic N) is 2. The van der Waals surface area contributed by atoms with Crippen molar-refractivity contribution in [1.29, 1.82) is 0 Å². The molecule has 0 amide bonds. The third kappa shape index (κ3) is 5.05. The predicted molar refractivity (Wildman–Crippen MR) is 61.3 cm³/mol. The fourth-order valence-corrected chi connectivity index (χ4v) is 1.66. The molecule has 0 N–H and O–H groups in total. The van der Waals surface area contributed by atoms with Crippen molar-refractivity contribution in [2.45, 2.75) is 58.3 Å². The summed E-state index contributed by atoms with van der Waals surface area (Å²) in [5, 5.41) is 4.01. The molecule has 1 aliphatic heterocycles. The molecule has 14 heavy (non-hydrogen) atoms. The van der Waals surface area contributed by atoms with Crippen LogP contribution in [-0.2, 0) is 0 Å². The third-order valence-corrected chi connectivity index (χ3v) is 2.56. The lowest BCUT2D eigenvalue weighted by Gasteiger charge is -1.99. The smallest absolute Gasteiger partial charge is 0.0646 e. The predicted octanol–water partition coefficient (Wildman–Crippen LogP) is 3.61. The summed E-state index contributed by atoms with van der Waals surface area (Å²) < 4.78 is 0. The molecule has 2 nitrogen and oxygen atoms in total. The van der Waals surface area contributed by atoms with Gasteiger partial charge in [-0.2, -0.15) is 10.5 Å². The second kappa shape index (κ2) is 7.60. The van der Waals surface area contributed by atoms with Crippen molar-refractivity contribution in [3.8, 4) is 0 Å². The average Bonchev–Trinajstić information content (AvgIpc) is 2.69. The topological polar surface area (TPSA) is 26.5 Å². The van der Waals surface area contributed by atoms with Crippen LogP contribution in [0.2, 0.25) is 0 Å².